The van der Waals surface area contributed by atoms with Crippen LogP contribution >= 0.6 is 23.2 Å². The van der Waals surface area contributed by atoms with Gasteiger partial charge in [-0.1, -0.05) is 29.3 Å². The Kier molecular flexibility index (Phi) is 7.72. The summed E-state index contributed by atoms with van der Waals surface area (Å²) in [5.41, 5.74) is 2.89. The van der Waals surface area contributed by atoms with Crippen LogP contribution in [-0.4, -0.2) is 45.1 Å². The Hall–Kier alpha value is -2.49. The number of nitrogens with zero attached hydrogens (tertiary/aromatic N) is 2. The van der Waals surface area contributed by atoms with E-state index in [0.717, 1.165) is 10.6 Å². The number of phenolic OH excluding ortho intramolecular Hbond substituents is 1. The number of nitrogens with one attached hydrogen (secondary N) is 1. The van der Waals surface area contributed by atoms with Gasteiger partial charge in [-0.15, -0.1) is 0 Å². The zero-order valence-electron chi connectivity index (χ0n) is 15.6. The van der Waals surface area contributed by atoms with Gasteiger partial charge in [0.25, 0.3) is 5.91 Å². The molecule has 0 aliphatic heterocycles. The normalized spacial score (nSPS) is 11.4. The van der Waals surface area contributed by atoms with Crippen LogP contribution in [0, 0.1) is 0 Å². The van der Waals surface area contributed by atoms with Gasteiger partial charge in [0.05, 0.1) is 34.8 Å². The van der Waals surface area contributed by atoms with E-state index < -0.39 is 22.5 Å². The van der Waals surface area contributed by atoms with Crippen LogP contribution in [-0.2, 0) is 14.8 Å². The fourth-order valence-corrected chi connectivity index (χ4v) is 3.60. The zero-order valence-corrected chi connectivity index (χ0v) is 17.9. The van der Waals surface area contributed by atoms with Crippen LogP contribution in [0.4, 0.5) is 5.69 Å². The lowest BCUT2D eigenvalue weighted by Gasteiger charge is -2.22. The average Bonchev–Trinajstić information content (AvgIpc) is 2.64. The number of hydrogen-bond acceptors (Lipinski definition) is 6. The summed E-state index contributed by atoms with van der Waals surface area (Å²) in [7, 11) is -3.81. The molecule has 29 heavy (non-hydrogen) atoms. The maximum Gasteiger partial charge on any atom is 0.260 e. The first kappa shape index (κ1) is 22.8. The molecule has 0 radical (unpaired) electrons. The summed E-state index contributed by atoms with van der Waals surface area (Å²) in [4.78, 5) is 12.2. The Morgan fingerprint density at radius 2 is 2.03 bits per heavy atom. The quantitative estimate of drug-likeness (QED) is 0.465. The summed E-state index contributed by atoms with van der Waals surface area (Å²) in [5, 5.41) is 13.7. The second kappa shape index (κ2) is 9.82. The number of rotatable bonds is 8. The van der Waals surface area contributed by atoms with Crippen molar-refractivity contribution in [3.63, 3.8) is 0 Å². The average molecular weight is 460 g/mol. The number of ether oxygens (including phenoxy) is 1. The van der Waals surface area contributed by atoms with Gasteiger partial charge < -0.3 is 9.84 Å². The van der Waals surface area contributed by atoms with Crippen molar-refractivity contribution in [3.8, 4) is 11.5 Å². The van der Waals surface area contributed by atoms with E-state index in [1.54, 1.807) is 19.1 Å². The zero-order chi connectivity index (χ0) is 21.6. The van der Waals surface area contributed by atoms with Crippen molar-refractivity contribution >= 4 is 51.0 Å². The lowest BCUT2D eigenvalue weighted by Crippen LogP contribution is -2.39. The van der Waals surface area contributed by atoms with Crippen LogP contribution in [0.5, 0.6) is 11.5 Å². The van der Waals surface area contributed by atoms with E-state index >= 15 is 0 Å². The Labute approximate surface area is 178 Å². The number of carbonyl (C=O) groups excluding carboxylic acids is 1. The van der Waals surface area contributed by atoms with Crippen molar-refractivity contribution in [2.45, 2.75) is 6.92 Å². The molecule has 2 aromatic rings. The fraction of sp³-hybridized carbons (Fsp3) is 0.222. The molecule has 1 amide bonds. The molecule has 0 aromatic heterocycles. The lowest BCUT2D eigenvalue weighted by atomic mass is 10.2. The molecular formula is C18H19Cl2N3O5S. The molecular weight excluding hydrogens is 441 g/mol. The molecule has 8 nitrogen and oxygen atoms in total. The Morgan fingerprint density at radius 1 is 1.31 bits per heavy atom. The van der Waals surface area contributed by atoms with Crippen LogP contribution < -0.4 is 14.5 Å². The number of hydrogen-bond donors (Lipinski definition) is 2. The largest absolute Gasteiger partial charge is 0.504 e. The van der Waals surface area contributed by atoms with Gasteiger partial charge in [0.1, 0.15) is 6.54 Å². The minimum atomic E-state index is -3.81. The van der Waals surface area contributed by atoms with Gasteiger partial charge in [-0.05, 0) is 42.8 Å². The summed E-state index contributed by atoms with van der Waals surface area (Å²) in [6.07, 6.45) is 2.28. The number of phenols is 1. The number of amides is 1. The van der Waals surface area contributed by atoms with Crippen molar-refractivity contribution in [2.24, 2.45) is 5.10 Å². The predicted octanol–water partition coefficient (Wildman–Crippen LogP) is 3.01. The van der Waals surface area contributed by atoms with Gasteiger partial charge in [-0.3, -0.25) is 9.10 Å². The second-order valence-electron chi connectivity index (χ2n) is 5.80. The van der Waals surface area contributed by atoms with Crippen LogP contribution in [0.15, 0.2) is 41.5 Å². The highest BCUT2D eigenvalue weighted by atomic mass is 35.5. The van der Waals surface area contributed by atoms with Crippen LogP contribution in [0.1, 0.15) is 12.5 Å². The topological polar surface area (TPSA) is 108 Å². The number of halogens is 2. The molecule has 0 fully saturated rings. The van der Waals surface area contributed by atoms with Gasteiger partial charge in [0.2, 0.25) is 10.0 Å². The second-order valence-corrected chi connectivity index (χ2v) is 8.49. The van der Waals surface area contributed by atoms with E-state index in [1.165, 1.54) is 30.5 Å². The maximum absolute atomic E-state index is 12.2. The van der Waals surface area contributed by atoms with Crippen LogP contribution in [0.2, 0.25) is 10.0 Å². The van der Waals surface area contributed by atoms with Crippen molar-refractivity contribution in [1.82, 2.24) is 5.43 Å². The van der Waals surface area contributed by atoms with Gasteiger partial charge in [0, 0.05) is 0 Å². The summed E-state index contributed by atoms with van der Waals surface area (Å²) in [5.74, 6) is -0.427. The third-order valence-corrected chi connectivity index (χ3v) is 5.51. The summed E-state index contributed by atoms with van der Waals surface area (Å²) in [6.45, 7) is 1.61. The highest BCUT2D eigenvalue weighted by Gasteiger charge is 2.23. The number of carbonyl (C=O) groups is 1. The minimum Gasteiger partial charge on any atom is -0.504 e. The van der Waals surface area contributed by atoms with Gasteiger partial charge in [-0.2, -0.15) is 5.10 Å². The first-order valence-electron chi connectivity index (χ1n) is 8.33. The SMILES string of the molecule is CCOc1cc(/C=N\NC(=O)CN(c2cccc(Cl)c2Cl)S(C)(=O)=O)ccc1O. The molecule has 2 N–H and O–H groups in total. The molecule has 0 bridgehead atoms. The first-order chi connectivity index (χ1) is 13.6. The van der Waals surface area contributed by atoms with E-state index in [1.807, 2.05) is 0 Å². The molecule has 0 saturated heterocycles. The maximum atomic E-state index is 12.2. The predicted molar refractivity (Wildman–Crippen MR) is 114 cm³/mol. The van der Waals surface area contributed by atoms with E-state index in [2.05, 4.69) is 10.5 Å². The minimum absolute atomic E-state index is 0.0171. The monoisotopic (exact) mass is 459 g/mol. The van der Waals surface area contributed by atoms with Gasteiger partial charge in [0.15, 0.2) is 11.5 Å². The Morgan fingerprint density at radius 3 is 2.69 bits per heavy atom. The molecule has 0 aliphatic rings. The molecule has 0 aliphatic carbocycles. The van der Waals surface area contributed by atoms with E-state index in [0.29, 0.717) is 12.2 Å². The smallest absolute Gasteiger partial charge is 0.260 e. The van der Waals surface area contributed by atoms with Crippen molar-refractivity contribution < 1.29 is 23.1 Å². The standard InChI is InChI=1S/C18H19Cl2N3O5S/c1-3-28-16-9-12(7-8-15(16)24)10-21-22-17(25)11-23(29(2,26)27)14-6-4-5-13(19)18(14)20/h4-10,24H,3,11H2,1-2H3,(H,22,25)/b21-10-. The molecule has 2 rings (SSSR count). The number of anilines is 1. The van der Waals surface area contributed by atoms with Gasteiger partial charge in [-0.25, -0.2) is 13.8 Å². The first-order valence-corrected chi connectivity index (χ1v) is 10.9. The Balaban J connectivity index is 2.12. The number of hydrazone groups is 1. The summed E-state index contributed by atoms with van der Waals surface area (Å²) in [6, 6.07) is 9.02. The Bertz CT molecular complexity index is 1030. The van der Waals surface area contributed by atoms with Crippen LogP contribution in [0.3, 0.4) is 0 Å². The van der Waals surface area contributed by atoms with E-state index in [9.17, 15) is 18.3 Å². The third kappa shape index (κ3) is 6.25. The number of sulfonamides is 1. The number of aromatic hydroxyl groups is 1. The molecule has 0 atom stereocenters. The van der Waals surface area contributed by atoms with E-state index in [4.69, 9.17) is 27.9 Å². The number of benzene rings is 2. The molecule has 0 spiro atoms. The molecule has 0 heterocycles. The van der Waals surface area contributed by atoms with Crippen LogP contribution in [0.25, 0.3) is 0 Å². The molecule has 0 unspecified atom stereocenters. The molecule has 0 saturated carbocycles. The highest BCUT2D eigenvalue weighted by Crippen LogP contribution is 2.33. The third-order valence-electron chi connectivity index (χ3n) is 3.57. The van der Waals surface area contributed by atoms with Crippen molar-refractivity contribution in [3.05, 3.63) is 52.0 Å². The van der Waals surface area contributed by atoms with E-state index in [-0.39, 0.29) is 27.2 Å². The fourth-order valence-electron chi connectivity index (χ4n) is 2.29. The molecule has 2 aromatic carbocycles. The molecule has 156 valence electrons. The van der Waals surface area contributed by atoms with Gasteiger partial charge >= 0.3 is 0 Å². The highest BCUT2D eigenvalue weighted by molar-refractivity contribution is 7.92. The molecule has 11 heteroatoms. The summed E-state index contributed by atoms with van der Waals surface area (Å²) >= 11 is 12.0. The summed E-state index contributed by atoms with van der Waals surface area (Å²) < 4.78 is 30.4. The van der Waals surface area contributed by atoms with Crippen molar-refractivity contribution in [2.75, 3.05) is 23.7 Å². The lowest BCUT2D eigenvalue weighted by molar-refractivity contribution is -0.119. The van der Waals surface area contributed by atoms with Crippen molar-refractivity contribution in [1.29, 1.82) is 0 Å².